The van der Waals surface area contributed by atoms with Crippen LogP contribution in [0.4, 0.5) is 5.69 Å². The summed E-state index contributed by atoms with van der Waals surface area (Å²) in [6.45, 7) is 4.56. The smallest absolute Gasteiger partial charge is 0.234 e. The number of aromatic nitrogens is 1. The van der Waals surface area contributed by atoms with Gasteiger partial charge in [-0.25, -0.2) is 0 Å². The first-order valence-electron chi connectivity index (χ1n) is 6.10. The predicted octanol–water partition coefficient (Wildman–Crippen LogP) is 1.07. The molecule has 0 aromatic carbocycles. The molecule has 1 aromatic heterocycles. The van der Waals surface area contributed by atoms with Crippen LogP contribution in [0.3, 0.4) is 0 Å². The van der Waals surface area contributed by atoms with E-state index < -0.39 is 11.0 Å². The number of nitrogens with one attached hydrogen (secondary N) is 1. The van der Waals surface area contributed by atoms with Crippen molar-refractivity contribution >= 4 is 11.6 Å². The standard InChI is InChI=1S/C13H16N2O3/c1-12(2)13(6-9(13)8-18-12)11(16)14-10-4-3-5-15(17)7-10/h3-5,7,9H,6,8H2,1-2H3,(H,14,16). The highest BCUT2D eigenvalue weighted by Gasteiger charge is 2.72. The fourth-order valence-corrected chi connectivity index (χ4v) is 3.03. The Labute approximate surface area is 105 Å². The minimum Gasteiger partial charge on any atom is -0.619 e. The molecule has 2 heterocycles. The summed E-state index contributed by atoms with van der Waals surface area (Å²) in [5.74, 6) is 0.275. The van der Waals surface area contributed by atoms with Gasteiger partial charge >= 0.3 is 0 Å². The van der Waals surface area contributed by atoms with Gasteiger partial charge in [-0.05, 0) is 26.3 Å². The van der Waals surface area contributed by atoms with Crippen molar-refractivity contribution in [1.82, 2.24) is 0 Å². The quantitative estimate of drug-likeness (QED) is 0.629. The van der Waals surface area contributed by atoms with Crippen LogP contribution >= 0.6 is 0 Å². The number of rotatable bonds is 2. The number of carbonyl (C=O) groups excluding carboxylic acids is 1. The van der Waals surface area contributed by atoms with E-state index in [0.29, 0.717) is 22.9 Å². The normalized spacial score (nSPS) is 31.8. The van der Waals surface area contributed by atoms with E-state index in [-0.39, 0.29) is 5.91 Å². The molecule has 1 saturated carbocycles. The molecular formula is C13H16N2O3. The summed E-state index contributed by atoms with van der Waals surface area (Å²) in [5.41, 5.74) is -0.319. The summed E-state index contributed by atoms with van der Waals surface area (Å²) in [6.07, 6.45) is 3.61. The number of amides is 1. The van der Waals surface area contributed by atoms with Crippen molar-refractivity contribution in [3.63, 3.8) is 0 Å². The Hall–Kier alpha value is -1.62. The number of ether oxygens (including phenoxy) is 1. The second-order valence-corrected chi connectivity index (χ2v) is 5.60. The third-order valence-electron chi connectivity index (χ3n) is 4.26. The highest BCUT2D eigenvalue weighted by atomic mass is 16.5. The van der Waals surface area contributed by atoms with Gasteiger partial charge in [0.25, 0.3) is 0 Å². The molecule has 2 atom stereocenters. The van der Waals surface area contributed by atoms with Gasteiger partial charge in [0.15, 0.2) is 6.20 Å². The molecule has 1 saturated heterocycles. The molecule has 1 amide bonds. The van der Waals surface area contributed by atoms with Gasteiger partial charge < -0.3 is 15.3 Å². The number of hydrogen-bond donors (Lipinski definition) is 1. The Morgan fingerprint density at radius 3 is 2.94 bits per heavy atom. The molecule has 1 aliphatic heterocycles. The molecule has 0 radical (unpaired) electrons. The third-order valence-corrected chi connectivity index (χ3v) is 4.26. The first-order valence-corrected chi connectivity index (χ1v) is 6.10. The Morgan fingerprint density at radius 1 is 1.61 bits per heavy atom. The van der Waals surface area contributed by atoms with Gasteiger partial charge in [0.2, 0.25) is 12.1 Å². The fourth-order valence-electron chi connectivity index (χ4n) is 3.03. The molecule has 96 valence electrons. The largest absolute Gasteiger partial charge is 0.619 e. The molecule has 1 aliphatic carbocycles. The van der Waals surface area contributed by atoms with Crippen molar-refractivity contribution in [2.45, 2.75) is 25.9 Å². The van der Waals surface area contributed by atoms with E-state index in [1.54, 1.807) is 12.1 Å². The summed E-state index contributed by atoms with van der Waals surface area (Å²) in [6, 6.07) is 3.32. The van der Waals surface area contributed by atoms with Gasteiger partial charge in [-0.2, -0.15) is 4.73 Å². The van der Waals surface area contributed by atoms with Crippen molar-refractivity contribution in [2.75, 3.05) is 11.9 Å². The molecule has 5 heteroatoms. The van der Waals surface area contributed by atoms with E-state index >= 15 is 0 Å². The summed E-state index contributed by atoms with van der Waals surface area (Å²) < 4.78 is 6.34. The lowest BCUT2D eigenvalue weighted by molar-refractivity contribution is -0.604. The summed E-state index contributed by atoms with van der Waals surface area (Å²) in [5, 5.41) is 14.0. The van der Waals surface area contributed by atoms with Crippen molar-refractivity contribution in [2.24, 2.45) is 11.3 Å². The van der Waals surface area contributed by atoms with E-state index in [4.69, 9.17) is 4.74 Å². The van der Waals surface area contributed by atoms with Gasteiger partial charge in [-0.15, -0.1) is 0 Å². The molecular weight excluding hydrogens is 232 g/mol. The maximum Gasteiger partial charge on any atom is 0.234 e. The van der Waals surface area contributed by atoms with Crippen LogP contribution in [0.5, 0.6) is 0 Å². The lowest BCUT2D eigenvalue weighted by Crippen LogP contribution is -2.41. The van der Waals surface area contributed by atoms with Crippen LogP contribution in [0.25, 0.3) is 0 Å². The van der Waals surface area contributed by atoms with E-state index in [1.165, 1.54) is 12.4 Å². The lowest BCUT2D eigenvalue weighted by Gasteiger charge is -2.29. The summed E-state index contributed by atoms with van der Waals surface area (Å²) in [4.78, 5) is 12.4. The van der Waals surface area contributed by atoms with Gasteiger partial charge in [0.05, 0.1) is 17.6 Å². The Kier molecular flexibility index (Phi) is 2.20. The SMILES string of the molecule is CC1(C)OCC2CC21C(=O)Nc1ccc[n+]([O-])c1. The topological polar surface area (TPSA) is 65.3 Å². The second kappa shape index (κ2) is 3.45. The van der Waals surface area contributed by atoms with Crippen LogP contribution in [-0.2, 0) is 9.53 Å². The molecule has 1 aromatic rings. The zero-order valence-electron chi connectivity index (χ0n) is 10.5. The average molecular weight is 248 g/mol. The number of pyridine rings is 1. The van der Waals surface area contributed by atoms with Crippen LogP contribution in [-0.4, -0.2) is 18.1 Å². The minimum atomic E-state index is -0.427. The monoisotopic (exact) mass is 248 g/mol. The Bertz CT molecular complexity index is 515. The highest BCUT2D eigenvalue weighted by molar-refractivity contribution is 5.98. The van der Waals surface area contributed by atoms with Gasteiger partial charge in [0.1, 0.15) is 5.69 Å². The second-order valence-electron chi connectivity index (χ2n) is 5.60. The van der Waals surface area contributed by atoms with Crippen LogP contribution < -0.4 is 10.0 Å². The third kappa shape index (κ3) is 1.43. The predicted molar refractivity (Wildman–Crippen MR) is 64.6 cm³/mol. The van der Waals surface area contributed by atoms with Crippen LogP contribution in [0, 0.1) is 16.5 Å². The van der Waals surface area contributed by atoms with Crippen molar-refractivity contribution in [3.8, 4) is 0 Å². The number of nitrogens with zero attached hydrogens (tertiary/aromatic N) is 1. The van der Waals surface area contributed by atoms with Gasteiger partial charge in [-0.1, -0.05) is 0 Å². The molecule has 18 heavy (non-hydrogen) atoms. The number of carbonyl (C=O) groups is 1. The molecule has 1 N–H and O–H groups in total. The van der Waals surface area contributed by atoms with E-state index in [9.17, 15) is 10.0 Å². The molecule has 0 bridgehead atoms. The fraction of sp³-hybridized carbons (Fsp3) is 0.538. The maximum absolute atomic E-state index is 12.4. The summed E-state index contributed by atoms with van der Waals surface area (Å²) >= 11 is 0. The number of anilines is 1. The Morgan fingerprint density at radius 2 is 2.39 bits per heavy atom. The van der Waals surface area contributed by atoms with E-state index in [2.05, 4.69) is 5.32 Å². The summed E-state index contributed by atoms with van der Waals surface area (Å²) in [7, 11) is 0. The van der Waals surface area contributed by atoms with Crippen LogP contribution in [0.1, 0.15) is 20.3 Å². The molecule has 2 fully saturated rings. The highest BCUT2D eigenvalue weighted by Crippen LogP contribution is 2.65. The van der Waals surface area contributed by atoms with Crippen molar-refractivity contribution in [1.29, 1.82) is 0 Å². The van der Waals surface area contributed by atoms with E-state index in [1.807, 2.05) is 13.8 Å². The number of fused-ring (bicyclic) bond motifs is 1. The Balaban J connectivity index is 1.81. The zero-order valence-corrected chi connectivity index (χ0v) is 10.5. The molecule has 2 unspecified atom stereocenters. The number of hydrogen-bond acceptors (Lipinski definition) is 3. The van der Waals surface area contributed by atoms with Crippen LogP contribution in [0.15, 0.2) is 24.5 Å². The molecule has 0 spiro atoms. The molecule has 2 aliphatic rings. The van der Waals surface area contributed by atoms with Gasteiger partial charge in [-0.3, -0.25) is 4.79 Å². The molecule has 3 rings (SSSR count). The zero-order chi connectivity index (χ0) is 13.0. The maximum atomic E-state index is 12.4. The first-order chi connectivity index (χ1) is 8.46. The first kappa shape index (κ1) is 11.5. The minimum absolute atomic E-state index is 0.0406. The molecule has 5 nitrogen and oxygen atoms in total. The lowest BCUT2D eigenvalue weighted by atomic mass is 9.86. The van der Waals surface area contributed by atoms with E-state index in [0.717, 1.165) is 6.42 Å². The average Bonchev–Trinajstić information content (AvgIpc) is 2.97. The van der Waals surface area contributed by atoms with Crippen molar-refractivity contribution < 1.29 is 14.3 Å². The van der Waals surface area contributed by atoms with Crippen molar-refractivity contribution in [3.05, 3.63) is 29.7 Å². The van der Waals surface area contributed by atoms with Gasteiger partial charge in [0, 0.05) is 12.0 Å². The van der Waals surface area contributed by atoms with Crippen LogP contribution in [0.2, 0.25) is 0 Å².